The Labute approximate surface area is 89.9 Å². The molecule has 0 N–H and O–H groups in total. The quantitative estimate of drug-likeness (QED) is 0.347. The summed E-state index contributed by atoms with van der Waals surface area (Å²) in [6.07, 6.45) is -1.06. The van der Waals surface area contributed by atoms with Gasteiger partial charge in [-0.3, -0.25) is 0 Å². The van der Waals surface area contributed by atoms with Gasteiger partial charge in [0.1, 0.15) is 6.10 Å². The molecular formula is C7H8ClIO3. The van der Waals surface area contributed by atoms with Crippen molar-refractivity contribution in [2.24, 2.45) is 0 Å². The minimum absolute atomic E-state index is 0.0524. The SMILES string of the molecule is CC(CCl)OC(=O)OCC#CI. The van der Waals surface area contributed by atoms with Crippen molar-refractivity contribution in [3.05, 3.63) is 0 Å². The third-order valence-electron chi connectivity index (χ3n) is 0.844. The summed E-state index contributed by atoms with van der Waals surface area (Å²) in [4.78, 5) is 10.7. The van der Waals surface area contributed by atoms with E-state index in [1.165, 1.54) is 0 Å². The highest BCUT2D eigenvalue weighted by atomic mass is 127. The van der Waals surface area contributed by atoms with E-state index in [1.807, 2.05) is 22.6 Å². The first-order chi connectivity index (χ1) is 5.70. The van der Waals surface area contributed by atoms with Gasteiger partial charge >= 0.3 is 6.16 Å². The molecule has 0 saturated carbocycles. The fourth-order valence-electron chi connectivity index (χ4n) is 0.352. The lowest BCUT2D eigenvalue weighted by Gasteiger charge is -2.07. The molecule has 0 bridgehead atoms. The first-order valence-corrected chi connectivity index (χ1v) is 4.80. The molecule has 3 nitrogen and oxygen atoms in total. The van der Waals surface area contributed by atoms with Gasteiger partial charge < -0.3 is 9.47 Å². The van der Waals surface area contributed by atoms with Crippen LogP contribution < -0.4 is 0 Å². The van der Waals surface area contributed by atoms with Gasteiger partial charge in [0.15, 0.2) is 6.61 Å². The van der Waals surface area contributed by atoms with E-state index in [4.69, 9.17) is 11.6 Å². The van der Waals surface area contributed by atoms with E-state index in [0.717, 1.165) is 0 Å². The normalized spacial score (nSPS) is 10.9. The molecule has 0 rings (SSSR count). The summed E-state index contributed by atoms with van der Waals surface area (Å²) in [6, 6.07) is 0. The van der Waals surface area contributed by atoms with Crippen LogP contribution in [0.2, 0.25) is 0 Å². The van der Waals surface area contributed by atoms with Crippen LogP contribution in [0.4, 0.5) is 4.79 Å². The number of carbonyl (C=O) groups is 1. The summed E-state index contributed by atoms with van der Waals surface area (Å²) in [5, 5.41) is 0. The second-order valence-electron chi connectivity index (χ2n) is 1.89. The maximum absolute atomic E-state index is 10.7. The Balaban J connectivity index is 3.50. The van der Waals surface area contributed by atoms with Crippen molar-refractivity contribution >= 4 is 40.3 Å². The Morgan fingerprint density at radius 1 is 1.75 bits per heavy atom. The molecule has 0 heterocycles. The molecule has 0 fully saturated rings. The van der Waals surface area contributed by atoms with E-state index < -0.39 is 6.16 Å². The van der Waals surface area contributed by atoms with Crippen molar-refractivity contribution in [3.8, 4) is 9.85 Å². The zero-order valence-corrected chi connectivity index (χ0v) is 9.39. The molecule has 0 amide bonds. The first kappa shape index (κ1) is 11.8. The van der Waals surface area contributed by atoms with Crippen LogP contribution in [-0.4, -0.2) is 24.7 Å². The molecule has 0 aliphatic heterocycles. The number of ether oxygens (including phenoxy) is 2. The second-order valence-corrected chi connectivity index (χ2v) is 2.74. The van der Waals surface area contributed by atoms with Gasteiger partial charge in [-0.25, -0.2) is 4.79 Å². The zero-order chi connectivity index (χ0) is 9.40. The molecule has 0 saturated heterocycles. The molecule has 1 atom stereocenters. The number of hydrogen-bond donors (Lipinski definition) is 0. The second kappa shape index (κ2) is 7.50. The average Bonchev–Trinajstić information content (AvgIpc) is 2.05. The van der Waals surface area contributed by atoms with E-state index in [9.17, 15) is 4.79 Å². The predicted octanol–water partition coefficient (Wildman–Crippen LogP) is 2.16. The molecular weight excluding hydrogens is 294 g/mol. The summed E-state index contributed by atoms with van der Waals surface area (Å²) >= 11 is 7.25. The molecule has 0 aromatic rings. The molecule has 1 unspecified atom stereocenters. The van der Waals surface area contributed by atoms with Crippen LogP contribution in [0.15, 0.2) is 0 Å². The summed E-state index contributed by atoms with van der Waals surface area (Å²) in [5.41, 5.74) is 0. The number of carbonyl (C=O) groups excluding carboxylic acids is 1. The van der Waals surface area contributed by atoms with Gasteiger partial charge in [0, 0.05) is 22.6 Å². The van der Waals surface area contributed by atoms with Gasteiger partial charge in [-0.05, 0) is 10.9 Å². The molecule has 68 valence electrons. The highest BCUT2D eigenvalue weighted by Crippen LogP contribution is 1.96. The topological polar surface area (TPSA) is 35.5 Å². The number of halogens is 2. The standard InChI is InChI=1S/C7H8ClIO3/c1-6(5-8)12-7(10)11-4-2-3-9/h6H,4-5H2,1H3. The highest BCUT2D eigenvalue weighted by molar-refractivity contribution is 14.1. The maximum atomic E-state index is 10.7. The summed E-state index contributed by atoms with van der Waals surface area (Å²) in [7, 11) is 0. The highest BCUT2D eigenvalue weighted by Gasteiger charge is 2.07. The van der Waals surface area contributed by atoms with E-state index in [1.54, 1.807) is 6.92 Å². The van der Waals surface area contributed by atoms with E-state index in [2.05, 4.69) is 19.3 Å². The summed E-state index contributed by atoms with van der Waals surface area (Å²) < 4.78 is 11.8. The third-order valence-corrected chi connectivity index (χ3v) is 1.66. The Hall–Kier alpha value is -0.150. The fourth-order valence-corrected chi connectivity index (χ4v) is 0.571. The van der Waals surface area contributed by atoms with E-state index in [0.29, 0.717) is 0 Å². The van der Waals surface area contributed by atoms with Gasteiger partial charge in [-0.1, -0.05) is 5.92 Å². The lowest BCUT2D eigenvalue weighted by Crippen LogP contribution is -2.17. The van der Waals surface area contributed by atoms with Crippen molar-refractivity contribution in [1.29, 1.82) is 0 Å². The fraction of sp³-hybridized carbons (Fsp3) is 0.571. The Morgan fingerprint density at radius 3 is 2.92 bits per heavy atom. The molecule has 0 aliphatic carbocycles. The number of alkyl halides is 1. The van der Waals surface area contributed by atoms with Crippen LogP contribution in [0.25, 0.3) is 0 Å². The summed E-state index contributed by atoms with van der Waals surface area (Å²) in [6.45, 7) is 1.73. The van der Waals surface area contributed by atoms with Crippen molar-refractivity contribution in [3.63, 3.8) is 0 Å². The Kier molecular flexibility index (Phi) is 7.40. The molecule has 0 aromatic heterocycles. The van der Waals surface area contributed by atoms with Crippen LogP contribution in [-0.2, 0) is 9.47 Å². The lowest BCUT2D eigenvalue weighted by molar-refractivity contribution is 0.0435. The monoisotopic (exact) mass is 302 g/mol. The molecule has 0 aliphatic rings. The minimum atomic E-state index is -0.734. The van der Waals surface area contributed by atoms with Crippen LogP contribution in [0.5, 0.6) is 0 Å². The number of rotatable bonds is 3. The van der Waals surface area contributed by atoms with Crippen LogP contribution in [0.1, 0.15) is 6.92 Å². The molecule has 0 aromatic carbocycles. The first-order valence-electron chi connectivity index (χ1n) is 3.18. The maximum Gasteiger partial charge on any atom is 0.509 e. The van der Waals surface area contributed by atoms with E-state index in [-0.39, 0.29) is 18.6 Å². The van der Waals surface area contributed by atoms with Crippen LogP contribution in [0, 0.1) is 9.85 Å². The number of hydrogen-bond acceptors (Lipinski definition) is 3. The summed E-state index contributed by atoms with van der Waals surface area (Å²) in [5.74, 6) is 2.81. The molecule has 0 radical (unpaired) electrons. The van der Waals surface area contributed by atoms with E-state index >= 15 is 0 Å². The van der Waals surface area contributed by atoms with Crippen LogP contribution >= 0.6 is 34.2 Å². The molecule has 12 heavy (non-hydrogen) atoms. The van der Waals surface area contributed by atoms with Crippen molar-refractivity contribution < 1.29 is 14.3 Å². The minimum Gasteiger partial charge on any atom is -0.430 e. The van der Waals surface area contributed by atoms with Gasteiger partial charge in [0.25, 0.3) is 0 Å². The predicted molar refractivity (Wildman–Crippen MR) is 54.4 cm³/mol. The molecule has 0 spiro atoms. The van der Waals surface area contributed by atoms with Crippen molar-refractivity contribution in [2.45, 2.75) is 13.0 Å². The van der Waals surface area contributed by atoms with Gasteiger partial charge in [-0.15, -0.1) is 11.6 Å². The van der Waals surface area contributed by atoms with Crippen LogP contribution in [0.3, 0.4) is 0 Å². The van der Waals surface area contributed by atoms with Gasteiger partial charge in [-0.2, -0.15) is 0 Å². The van der Waals surface area contributed by atoms with Gasteiger partial charge in [0.05, 0.1) is 5.88 Å². The van der Waals surface area contributed by atoms with Crippen molar-refractivity contribution in [1.82, 2.24) is 0 Å². The van der Waals surface area contributed by atoms with Gasteiger partial charge in [0.2, 0.25) is 0 Å². The average molecular weight is 302 g/mol. The smallest absolute Gasteiger partial charge is 0.430 e. The largest absolute Gasteiger partial charge is 0.509 e. The zero-order valence-electron chi connectivity index (χ0n) is 6.47. The van der Waals surface area contributed by atoms with Crippen molar-refractivity contribution in [2.75, 3.05) is 12.5 Å². The lowest BCUT2D eigenvalue weighted by atomic mass is 10.5. The Bertz CT molecular complexity index is 197. The molecule has 5 heteroatoms. The third kappa shape index (κ3) is 6.55. The Morgan fingerprint density at radius 2 is 2.42 bits per heavy atom.